The molecule has 1 aliphatic heterocycles. The summed E-state index contributed by atoms with van der Waals surface area (Å²) >= 11 is 3.46. The SMILES string of the molecule is COC(=O)CC1CNc2ccc(Br)cc2C1. The second kappa shape index (κ2) is 4.87. The van der Waals surface area contributed by atoms with Crippen LogP contribution in [0.15, 0.2) is 22.7 Å². The van der Waals surface area contributed by atoms with E-state index < -0.39 is 0 Å². The van der Waals surface area contributed by atoms with Gasteiger partial charge in [0, 0.05) is 16.7 Å². The normalized spacial score (nSPS) is 18.5. The van der Waals surface area contributed by atoms with Crippen LogP contribution in [0.2, 0.25) is 0 Å². The van der Waals surface area contributed by atoms with Crippen LogP contribution in [0.25, 0.3) is 0 Å². The van der Waals surface area contributed by atoms with E-state index in [4.69, 9.17) is 0 Å². The highest BCUT2D eigenvalue weighted by molar-refractivity contribution is 9.10. The van der Waals surface area contributed by atoms with Gasteiger partial charge in [0.2, 0.25) is 0 Å². The molecular formula is C12H14BrNO2. The van der Waals surface area contributed by atoms with E-state index in [1.807, 2.05) is 6.07 Å². The molecule has 0 saturated carbocycles. The van der Waals surface area contributed by atoms with Crippen molar-refractivity contribution in [3.05, 3.63) is 28.2 Å². The molecule has 1 atom stereocenters. The summed E-state index contributed by atoms with van der Waals surface area (Å²) in [6.45, 7) is 0.837. The van der Waals surface area contributed by atoms with E-state index in [1.54, 1.807) is 0 Å². The molecule has 4 heteroatoms. The van der Waals surface area contributed by atoms with Gasteiger partial charge in [-0.1, -0.05) is 15.9 Å². The minimum Gasteiger partial charge on any atom is -0.469 e. The molecule has 16 heavy (non-hydrogen) atoms. The number of halogens is 1. The zero-order chi connectivity index (χ0) is 11.5. The molecule has 1 aliphatic rings. The monoisotopic (exact) mass is 283 g/mol. The number of methoxy groups -OCH3 is 1. The second-order valence-corrected chi connectivity index (χ2v) is 4.95. The van der Waals surface area contributed by atoms with Crippen molar-refractivity contribution in [3.63, 3.8) is 0 Å². The molecule has 1 aromatic carbocycles. The fourth-order valence-electron chi connectivity index (χ4n) is 2.00. The number of carbonyl (C=O) groups is 1. The van der Waals surface area contributed by atoms with Gasteiger partial charge >= 0.3 is 5.97 Å². The summed E-state index contributed by atoms with van der Waals surface area (Å²) in [4.78, 5) is 11.2. The van der Waals surface area contributed by atoms with Crippen LogP contribution in [-0.2, 0) is 16.0 Å². The van der Waals surface area contributed by atoms with Crippen molar-refractivity contribution < 1.29 is 9.53 Å². The number of hydrogen-bond acceptors (Lipinski definition) is 3. The molecule has 0 aliphatic carbocycles. The lowest BCUT2D eigenvalue weighted by Crippen LogP contribution is -2.25. The van der Waals surface area contributed by atoms with Crippen LogP contribution in [-0.4, -0.2) is 19.6 Å². The van der Waals surface area contributed by atoms with E-state index in [0.29, 0.717) is 12.3 Å². The van der Waals surface area contributed by atoms with E-state index in [-0.39, 0.29) is 5.97 Å². The fraction of sp³-hybridized carbons (Fsp3) is 0.417. The van der Waals surface area contributed by atoms with Gasteiger partial charge in [-0.15, -0.1) is 0 Å². The van der Waals surface area contributed by atoms with Gasteiger partial charge in [-0.05, 0) is 36.1 Å². The van der Waals surface area contributed by atoms with Crippen LogP contribution in [0.1, 0.15) is 12.0 Å². The maximum Gasteiger partial charge on any atom is 0.305 e. The Hall–Kier alpha value is -1.03. The predicted molar refractivity (Wildman–Crippen MR) is 66.5 cm³/mol. The fourth-order valence-corrected chi connectivity index (χ4v) is 2.41. The number of fused-ring (bicyclic) bond motifs is 1. The molecule has 1 aromatic rings. The first-order valence-corrected chi connectivity index (χ1v) is 6.07. The summed E-state index contributed by atoms with van der Waals surface area (Å²) in [5, 5.41) is 3.34. The molecule has 0 fully saturated rings. The predicted octanol–water partition coefficient (Wildman–Crippen LogP) is 2.60. The Morgan fingerprint density at radius 2 is 2.44 bits per heavy atom. The van der Waals surface area contributed by atoms with Crippen molar-refractivity contribution >= 4 is 27.6 Å². The number of nitrogens with one attached hydrogen (secondary N) is 1. The smallest absolute Gasteiger partial charge is 0.305 e. The van der Waals surface area contributed by atoms with Crippen LogP contribution in [0.5, 0.6) is 0 Å². The first-order chi connectivity index (χ1) is 7.69. The van der Waals surface area contributed by atoms with Crippen LogP contribution in [0.4, 0.5) is 5.69 Å². The molecule has 0 aromatic heterocycles. The quantitative estimate of drug-likeness (QED) is 0.848. The van der Waals surface area contributed by atoms with E-state index in [0.717, 1.165) is 17.4 Å². The summed E-state index contributed by atoms with van der Waals surface area (Å²) < 4.78 is 5.76. The Bertz CT molecular complexity index is 406. The summed E-state index contributed by atoms with van der Waals surface area (Å²) in [7, 11) is 1.43. The van der Waals surface area contributed by atoms with E-state index in [9.17, 15) is 4.79 Å². The number of benzene rings is 1. The van der Waals surface area contributed by atoms with E-state index >= 15 is 0 Å². The minimum absolute atomic E-state index is 0.134. The largest absolute Gasteiger partial charge is 0.469 e. The maximum atomic E-state index is 11.2. The molecule has 1 N–H and O–H groups in total. The number of hydrogen-bond donors (Lipinski definition) is 1. The Labute approximate surface area is 103 Å². The second-order valence-electron chi connectivity index (χ2n) is 4.03. The standard InChI is InChI=1S/C12H14BrNO2/c1-16-12(15)5-8-4-9-6-10(13)2-3-11(9)14-7-8/h2-3,6,8,14H,4-5,7H2,1H3. The van der Waals surface area contributed by atoms with Gasteiger partial charge in [0.1, 0.15) is 0 Å². The third-order valence-electron chi connectivity index (χ3n) is 2.84. The van der Waals surface area contributed by atoms with Gasteiger partial charge in [-0.25, -0.2) is 0 Å². The summed E-state index contributed by atoms with van der Waals surface area (Å²) in [6, 6.07) is 6.19. The molecule has 3 nitrogen and oxygen atoms in total. The van der Waals surface area contributed by atoms with Gasteiger partial charge < -0.3 is 10.1 Å². The first-order valence-electron chi connectivity index (χ1n) is 5.28. The zero-order valence-corrected chi connectivity index (χ0v) is 10.7. The van der Waals surface area contributed by atoms with Crippen LogP contribution in [0, 0.1) is 5.92 Å². The third-order valence-corrected chi connectivity index (χ3v) is 3.33. The molecule has 0 bridgehead atoms. The number of carbonyl (C=O) groups excluding carboxylic acids is 1. The van der Waals surface area contributed by atoms with Crippen LogP contribution < -0.4 is 5.32 Å². The lowest BCUT2D eigenvalue weighted by Gasteiger charge is -2.25. The topological polar surface area (TPSA) is 38.3 Å². The molecule has 1 heterocycles. The summed E-state index contributed by atoms with van der Waals surface area (Å²) in [5.74, 6) is 0.194. The van der Waals surface area contributed by atoms with Crippen molar-refractivity contribution in [1.82, 2.24) is 0 Å². The Morgan fingerprint density at radius 1 is 1.62 bits per heavy atom. The molecule has 0 radical (unpaired) electrons. The van der Waals surface area contributed by atoms with E-state index in [1.165, 1.54) is 18.4 Å². The molecule has 86 valence electrons. The number of ether oxygens (including phenoxy) is 1. The third kappa shape index (κ3) is 2.55. The molecule has 2 rings (SSSR count). The Morgan fingerprint density at radius 3 is 3.19 bits per heavy atom. The molecule has 0 spiro atoms. The number of anilines is 1. The summed E-state index contributed by atoms with van der Waals surface area (Å²) in [6.07, 6.45) is 1.41. The Kier molecular flexibility index (Phi) is 3.49. The van der Waals surface area contributed by atoms with E-state index in [2.05, 4.69) is 38.1 Å². The van der Waals surface area contributed by atoms with Crippen LogP contribution in [0.3, 0.4) is 0 Å². The Balaban J connectivity index is 2.08. The number of esters is 1. The maximum absolute atomic E-state index is 11.2. The zero-order valence-electron chi connectivity index (χ0n) is 9.13. The minimum atomic E-state index is -0.134. The average molecular weight is 284 g/mol. The first kappa shape index (κ1) is 11.5. The molecular weight excluding hydrogens is 270 g/mol. The van der Waals surface area contributed by atoms with Crippen LogP contribution >= 0.6 is 15.9 Å². The van der Waals surface area contributed by atoms with Crippen molar-refractivity contribution in [2.45, 2.75) is 12.8 Å². The number of rotatable bonds is 2. The lowest BCUT2D eigenvalue weighted by atomic mass is 9.91. The van der Waals surface area contributed by atoms with Gasteiger partial charge in [0.15, 0.2) is 0 Å². The summed E-state index contributed by atoms with van der Waals surface area (Å²) in [5.41, 5.74) is 2.43. The molecule has 1 unspecified atom stereocenters. The lowest BCUT2D eigenvalue weighted by molar-refractivity contribution is -0.141. The molecule has 0 amide bonds. The highest BCUT2D eigenvalue weighted by Crippen LogP contribution is 2.28. The van der Waals surface area contributed by atoms with Gasteiger partial charge in [0.25, 0.3) is 0 Å². The highest BCUT2D eigenvalue weighted by atomic mass is 79.9. The van der Waals surface area contributed by atoms with Crippen molar-refractivity contribution in [3.8, 4) is 0 Å². The van der Waals surface area contributed by atoms with Crippen molar-refractivity contribution in [1.29, 1.82) is 0 Å². The van der Waals surface area contributed by atoms with Gasteiger partial charge in [-0.2, -0.15) is 0 Å². The van der Waals surface area contributed by atoms with Crippen molar-refractivity contribution in [2.75, 3.05) is 19.0 Å². The van der Waals surface area contributed by atoms with Gasteiger partial charge in [-0.3, -0.25) is 4.79 Å². The average Bonchev–Trinajstić information content (AvgIpc) is 2.28. The molecule has 0 saturated heterocycles. The van der Waals surface area contributed by atoms with Crippen molar-refractivity contribution in [2.24, 2.45) is 5.92 Å². The van der Waals surface area contributed by atoms with Gasteiger partial charge in [0.05, 0.1) is 13.5 Å². The highest BCUT2D eigenvalue weighted by Gasteiger charge is 2.21.